The minimum absolute atomic E-state index is 0.115. The predicted molar refractivity (Wildman–Crippen MR) is 139 cm³/mol. The summed E-state index contributed by atoms with van der Waals surface area (Å²) >= 11 is 0. The summed E-state index contributed by atoms with van der Waals surface area (Å²) in [7, 11) is 0. The first-order valence-corrected chi connectivity index (χ1v) is 12.9. The molecular formula is C30H31F5N2O. The van der Waals surface area contributed by atoms with Crippen molar-refractivity contribution >= 4 is 11.4 Å². The third-order valence-corrected chi connectivity index (χ3v) is 7.74. The van der Waals surface area contributed by atoms with Gasteiger partial charge in [0.1, 0.15) is 0 Å². The Morgan fingerprint density at radius 1 is 0.947 bits per heavy atom. The van der Waals surface area contributed by atoms with Crippen molar-refractivity contribution in [1.82, 2.24) is 0 Å². The molecule has 38 heavy (non-hydrogen) atoms. The molecule has 1 N–H and O–H groups in total. The predicted octanol–water partition coefficient (Wildman–Crippen LogP) is 6.50. The van der Waals surface area contributed by atoms with Gasteiger partial charge in [0.25, 0.3) is 5.92 Å². The van der Waals surface area contributed by atoms with E-state index in [1.54, 1.807) is 21.9 Å². The number of nitrogens with zero attached hydrogens (tertiary/aromatic N) is 2. The molecule has 0 amide bonds. The first-order chi connectivity index (χ1) is 18.0. The molecule has 2 aliphatic rings. The molecule has 3 nitrogen and oxygen atoms in total. The van der Waals surface area contributed by atoms with Crippen LogP contribution in [0, 0.1) is 6.92 Å². The van der Waals surface area contributed by atoms with Crippen LogP contribution in [0.5, 0.6) is 0 Å². The fraction of sp³-hybridized carbons (Fsp3) is 0.400. The lowest BCUT2D eigenvalue weighted by Gasteiger charge is -2.35. The van der Waals surface area contributed by atoms with Crippen LogP contribution >= 0.6 is 0 Å². The normalized spacial score (nSPS) is 21.9. The number of hydrogen-bond acceptors (Lipinski definition) is 3. The van der Waals surface area contributed by atoms with Crippen LogP contribution in [0.1, 0.15) is 35.1 Å². The van der Waals surface area contributed by atoms with Gasteiger partial charge in [0.05, 0.1) is 13.1 Å². The largest absolute Gasteiger partial charge is 0.416 e. The van der Waals surface area contributed by atoms with Gasteiger partial charge in [0, 0.05) is 36.3 Å². The molecule has 3 aromatic carbocycles. The lowest BCUT2D eigenvalue weighted by molar-refractivity contribution is -0.200. The smallest absolute Gasteiger partial charge is 0.382 e. The number of alkyl halides is 5. The Hall–Kier alpha value is -3.13. The topological polar surface area (TPSA) is 26.7 Å². The molecule has 0 aromatic heterocycles. The lowest BCUT2D eigenvalue weighted by atomic mass is 9.71. The summed E-state index contributed by atoms with van der Waals surface area (Å²) in [5.74, 6) is -2.73. The van der Waals surface area contributed by atoms with Gasteiger partial charge in [-0.15, -0.1) is 0 Å². The van der Waals surface area contributed by atoms with Crippen LogP contribution in [-0.2, 0) is 11.8 Å². The number of piperidine rings is 1. The van der Waals surface area contributed by atoms with E-state index in [4.69, 9.17) is 0 Å². The molecule has 8 heteroatoms. The Morgan fingerprint density at radius 2 is 1.71 bits per heavy atom. The van der Waals surface area contributed by atoms with Crippen LogP contribution in [-0.4, -0.2) is 49.5 Å². The summed E-state index contributed by atoms with van der Waals surface area (Å²) in [5, 5.41) is 9.94. The third-order valence-electron chi connectivity index (χ3n) is 7.74. The van der Waals surface area contributed by atoms with Crippen LogP contribution in [0.25, 0.3) is 0 Å². The Kier molecular flexibility index (Phi) is 6.88. The van der Waals surface area contributed by atoms with Gasteiger partial charge < -0.3 is 14.9 Å². The molecule has 0 saturated carbocycles. The Bertz CT molecular complexity index is 1290. The SMILES string of the molecule is Cc1cccc(C2(Cc3cccc(N4CCCC(F)(F)C4)c3)CN(C[C@@H](O)C(F)(F)F)c3ccccc32)c1. The van der Waals surface area contributed by atoms with Crippen molar-refractivity contribution in [2.45, 2.75) is 49.8 Å². The molecule has 2 heterocycles. The van der Waals surface area contributed by atoms with Crippen LogP contribution in [0.2, 0.25) is 0 Å². The molecule has 3 aromatic rings. The highest BCUT2D eigenvalue weighted by molar-refractivity contribution is 5.67. The van der Waals surface area contributed by atoms with E-state index in [0.29, 0.717) is 25.1 Å². The molecule has 0 aliphatic carbocycles. The summed E-state index contributed by atoms with van der Waals surface area (Å²) in [6.07, 6.45) is -6.45. The first kappa shape index (κ1) is 26.5. The standard InChI is InChI=1S/C30H31F5N2O/c1-21-7-4-9-23(15-21)28(17-22-8-5-10-24(16-22)36-14-6-13-29(31,32)20-36)19-37(18-27(38)30(33,34)35)26-12-3-2-11-25(26)28/h2-5,7-12,15-16,27,38H,6,13-14,17-20H2,1H3/t27-,28?/m1/s1. The van der Waals surface area contributed by atoms with Gasteiger partial charge in [-0.1, -0.05) is 60.2 Å². The number of para-hydroxylation sites is 1. The molecule has 0 radical (unpaired) electrons. The van der Waals surface area contributed by atoms with E-state index >= 15 is 0 Å². The molecule has 2 atom stereocenters. The van der Waals surface area contributed by atoms with Crippen molar-refractivity contribution in [3.05, 3.63) is 95.1 Å². The fourth-order valence-electron chi connectivity index (χ4n) is 5.97. The molecule has 1 unspecified atom stereocenters. The number of hydrogen-bond donors (Lipinski definition) is 1. The number of aryl methyl sites for hydroxylation is 1. The second-order valence-electron chi connectivity index (χ2n) is 10.6. The second kappa shape index (κ2) is 9.88. The van der Waals surface area contributed by atoms with Gasteiger partial charge in [0.15, 0.2) is 6.10 Å². The van der Waals surface area contributed by atoms with Crippen LogP contribution in [0.3, 0.4) is 0 Å². The van der Waals surface area contributed by atoms with Gasteiger partial charge in [0.2, 0.25) is 0 Å². The van der Waals surface area contributed by atoms with Crippen LogP contribution < -0.4 is 9.80 Å². The van der Waals surface area contributed by atoms with E-state index in [9.17, 15) is 27.1 Å². The van der Waals surface area contributed by atoms with Crippen LogP contribution in [0.15, 0.2) is 72.8 Å². The summed E-state index contributed by atoms with van der Waals surface area (Å²) in [6, 6.07) is 22.9. The highest BCUT2D eigenvalue weighted by Crippen LogP contribution is 2.48. The number of aliphatic hydroxyl groups is 1. The highest BCUT2D eigenvalue weighted by Gasteiger charge is 2.47. The van der Waals surface area contributed by atoms with Gasteiger partial charge in [-0.05, 0) is 54.7 Å². The van der Waals surface area contributed by atoms with E-state index in [2.05, 4.69) is 6.07 Å². The summed E-state index contributed by atoms with van der Waals surface area (Å²) in [4.78, 5) is 3.33. The number of halogens is 5. The number of aliphatic hydroxyl groups excluding tert-OH is 1. The Morgan fingerprint density at radius 3 is 2.45 bits per heavy atom. The molecule has 0 spiro atoms. The highest BCUT2D eigenvalue weighted by atomic mass is 19.4. The van der Waals surface area contributed by atoms with Crippen LogP contribution in [0.4, 0.5) is 33.3 Å². The van der Waals surface area contributed by atoms with E-state index in [1.165, 1.54) is 0 Å². The summed E-state index contributed by atoms with van der Waals surface area (Å²) in [5.41, 5.74) is 4.46. The van der Waals surface area contributed by atoms with Gasteiger partial charge >= 0.3 is 6.18 Å². The molecule has 5 rings (SSSR count). The first-order valence-electron chi connectivity index (χ1n) is 12.9. The molecule has 202 valence electrons. The third kappa shape index (κ3) is 5.23. The number of fused-ring (bicyclic) bond motifs is 1. The monoisotopic (exact) mass is 530 g/mol. The average Bonchev–Trinajstić information content (AvgIpc) is 3.17. The molecule has 1 fully saturated rings. The number of benzene rings is 3. The molecule has 2 aliphatic heterocycles. The maximum atomic E-state index is 14.1. The Balaban J connectivity index is 1.56. The molecule has 1 saturated heterocycles. The Labute approximate surface area is 219 Å². The van der Waals surface area contributed by atoms with E-state index < -0.39 is 30.2 Å². The second-order valence-corrected chi connectivity index (χ2v) is 10.6. The van der Waals surface area contributed by atoms with Crippen molar-refractivity contribution in [3.8, 4) is 0 Å². The van der Waals surface area contributed by atoms with E-state index in [1.807, 2.05) is 61.5 Å². The zero-order valence-electron chi connectivity index (χ0n) is 21.2. The zero-order chi connectivity index (χ0) is 27.1. The van der Waals surface area contributed by atoms with E-state index in [0.717, 1.165) is 27.9 Å². The summed E-state index contributed by atoms with van der Waals surface area (Å²) in [6.45, 7) is 1.87. The molecular weight excluding hydrogens is 499 g/mol. The lowest BCUT2D eigenvalue weighted by Crippen LogP contribution is -2.44. The van der Waals surface area contributed by atoms with Crippen molar-refractivity contribution in [2.75, 3.05) is 36.0 Å². The van der Waals surface area contributed by atoms with Gasteiger partial charge in [-0.2, -0.15) is 13.2 Å². The average molecular weight is 531 g/mol. The molecule has 0 bridgehead atoms. The van der Waals surface area contributed by atoms with Gasteiger partial charge in [-0.25, -0.2) is 8.78 Å². The zero-order valence-corrected chi connectivity index (χ0v) is 21.2. The maximum Gasteiger partial charge on any atom is 0.416 e. The van der Waals surface area contributed by atoms with Crippen molar-refractivity contribution in [3.63, 3.8) is 0 Å². The van der Waals surface area contributed by atoms with E-state index in [-0.39, 0.29) is 19.5 Å². The number of β-amino-alcohol motifs (C(OH)–C–C–N with tert-alkyl or cyclic N) is 1. The van der Waals surface area contributed by atoms with Crippen molar-refractivity contribution < 1.29 is 27.1 Å². The quantitative estimate of drug-likeness (QED) is 0.369. The summed E-state index contributed by atoms with van der Waals surface area (Å²) < 4.78 is 68.3. The van der Waals surface area contributed by atoms with Crippen molar-refractivity contribution in [1.29, 1.82) is 0 Å². The number of anilines is 2. The van der Waals surface area contributed by atoms with Gasteiger partial charge in [-0.3, -0.25) is 0 Å². The fourth-order valence-corrected chi connectivity index (χ4v) is 5.97. The minimum atomic E-state index is -4.73. The van der Waals surface area contributed by atoms with Crippen molar-refractivity contribution in [2.24, 2.45) is 0 Å². The maximum absolute atomic E-state index is 14.1. The number of rotatable bonds is 6. The minimum Gasteiger partial charge on any atom is -0.382 e.